The van der Waals surface area contributed by atoms with Crippen LogP contribution in [-0.2, 0) is 9.16 Å². The van der Waals surface area contributed by atoms with Gasteiger partial charge in [0, 0.05) is 7.11 Å². The molecule has 0 aliphatic rings. The first-order valence-electron chi connectivity index (χ1n) is 3.68. The van der Waals surface area contributed by atoms with Gasteiger partial charge in [-0.1, -0.05) is 0 Å². The molecule has 10 heavy (non-hydrogen) atoms. The molecule has 4 heteroatoms. The molecule has 0 radical (unpaired) electrons. The lowest BCUT2D eigenvalue weighted by Crippen LogP contribution is -2.07. The summed E-state index contributed by atoms with van der Waals surface area (Å²) in [5.41, 5.74) is 5.31. The molecule has 0 saturated carbocycles. The minimum atomic E-state index is -0.280. The van der Waals surface area contributed by atoms with Gasteiger partial charge >= 0.3 is 0 Å². The first-order chi connectivity index (χ1) is 4.91. The highest BCUT2D eigenvalue weighted by Gasteiger charge is 1.87. The lowest BCUT2D eigenvalue weighted by atomic mass is 10.5. The Kier molecular flexibility index (Phi) is 9.19. The van der Waals surface area contributed by atoms with Crippen LogP contribution in [0.3, 0.4) is 0 Å². The van der Waals surface area contributed by atoms with Gasteiger partial charge in [0.25, 0.3) is 0 Å². The van der Waals surface area contributed by atoms with E-state index in [-0.39, 0.29) is 9.76 Å². The fraction of sp³-hybridized carbons (Fsp3) is 1.00. The zero-order chi connectivity index (χ0) is 7.66. The van der Waals surface area contributed by atoms with Gasteiger partial charge in [0.15, 0.2) is 9.76 Å². The molecule has 0 bridgehead atoms. The maximum absolute atomic E-state index is 5.33. The molecule has 0 unspecified atom stereocenters. The van der Waals surface area contributed by atoms with E-state index < -0.39 is 0 Å². The Hall–Kier alpha value is 0.0969. The van der Waals surface area contributed by atoms with E-state index in [4.69, 9.17) is 14.9 Å². The van der Waals surface area contributed by atoms with E-state index in [1.807, 2.05) is 0 Å². The topological polar surface area (TPSA) is 44.5 Å². The third kappa shape index (κ3) is 8.10. The summed E-state index contributed by atoms with van der Waals surface area (Å²) < 4.78 is 10.2. The van der Waals surface area contributed by atoms with E-state index in [2.05, 4.69) is 0 Å². The molecule has 0 spiro atoms. The highest BCUT2D eigenvalue weighted by molar-refractivity contribution is 6.26. The molecule has 0 fully saturated rings. The zero-order valence-electron chi connectivity index (χ0n) is 6.64. The van der Waals surface area contributed by atoms with Crippen LogP contribution in [0.4, 0.5) is 0 Å². The average Bonchev–Trinajstić information content (AvgIpc) is 1.97. The molecular formula is C6H17NO2Si. The summed E-state index contributed by atoms with van der Waals surface area (Å²) in [7, 11) is 1.41. The first-order valence-corrected chi connectivity index (χ1v) is 5.26. The minimum Gasteiger partial charge on any atom is -0.422 e. The van der Waals surface area contributed by atoms with Crippen LogP contribution in [0.25, 0.3) is 0 Å². The molecule has 2 N–H and O–H groups in total. The van der Waals surface area contributed by atoms with Crippen LogP contribution in [0.5, 0.6) is 0 Å². The Morgan fingerprint density at radius 2 is 2.20 bits per heavy atom. The highest BCUT2D eigenvalue weighted by Crippen LogP contribution is 1.85. The van der Waals surface area contributed by atoms with Gasteiger partial charge in [-0.05, 0) is 19.0 Å². The number of rotatable bonds is 7. The molecular weight excluding hydrogens is 146 g/mol. The number of hydrogen-bond donors (Lipinski definition) is 1. The van der Waals surface area contributed by atoms with Gasteiger partial charge in [-0.2, -0.15) is 0 Å². The van der Waals surface area contributed by atoms with Gasteiger partial charge in [-0.25, -0.2) is 0 Å². The van der Waals surface area contributed by atoms with Crippen LogP contribution in [0.1, 0.15) is 6.42 Å². The van der Waals surface area contributed by atoms with E-state index in [1.54, 1.807) is 7.11 Å². The summed E-state index contributed by atoms with van der Waals surface area (Å²) in [6, 6.07) is 1.19. The molecule has 0 aromatic carbocycles. The fourth-order valence-electron chi connectivity index (χ4n) is 0.593. The van der Waals surface area contributed by atoms with Crippen LogP contribution in [0.2, 0.25) is 6.04 Å². The van der Waals surface area contributed by atoms with Crippen LogP contribution < -0.4 is 5.73 Å². The van der Waals surface area contributed by atoms with Crippen LogP contribution in [0, 0.1) is 0 Å². The molecule has 0 aromatic rings. The van der Waals surface area contributed by atoms with E-state index >= 15 is 0 Å². The maximum atomic E-state index is 5.33. The summed E-state index contributed by atoms with van der Waals surface area (Å²) in [4.78, 5) is 0. The second-order valence-corrected chi connectivity index (χ2v) is 3.62. The Balaban J connectivity index is 2.65. The molecule has 0 aliphatic heterocycles. The van der Waals surface area contributed by atoms with Crippen molar-refractivity contribution in [2.75, 3.05) is 26.9 Å². The smallest absolute Gasteiger partial charge is 0.161 e. The van der Waals surface area contributed by atoms with E-state index in [0.29, 0.717) is 0 Å². The lowest BCUT2D eigenvalue weighted by molar-refractivity contribution is 0.149. The van der Waals surface area contributed by atoms with Crippen molar-refractivity contribution in [3.63, 3.8) is 0 Å². The standard InChI is InChI=1S/C6H17NO2Si/c1-8-4-5-9-10-6-2-3-7/h2-7,10H2,1H3. The van der Waals surface area contributed by atoms with Crippen molar-refractivity contribution in [2.45, 2.75) is 12.5 Å². The average molecular weight is 163 g/mol. The Morgan fingerprint density at radius 3 is 2.80 bits per heavy atom. The van der Waals surface area contributed by atoms with Crippen LogP contribution in [-0.4, -0.2) is 36.6 Å². The summed E-state index contributed by atoms with van der Waals surface area (Å²) in [5, 5.41) is 0. The van der Waals surface area contributed by atoms with Gasteiger partial charge in [-0.3, -0.25) is 0 Å². The largest absolute Gasteiger partial charge is 0.422 e. The Bertz CT molecular complexity index is 55.7. The number of nitrogens with two attached hydrogens (primary N) is 1. The molecule has 0 saturated heterocycles. The quantitative estimate of drug-likeness (QED) is 0.406. The van der Waals surface area contributed by atoms with Gasteiger partial charge in [0.1, 0.15) is 0 Å². The van der Waals surface area contributed by atoms with Crippen molar-refractivity contribution in [3.8, 4) is 0 Å². The number of methoxy groups -OCH3 is 1. The van der Waals surface area contributed by atoms with Crippen molar-refractivity contribution >= 4 is 9.76 Å². The third-order valence-corrected chi connectivity index (χ3v) is 2.54. The van der Waals surface area contributed by atoms with Crippen LogP contribution in [0.15, 0.2) is 0 Å². The highest BCUT2D eigenvalue weighted by atomic mass is 28.2. The molecule has 0 amide bonds. The SMILES string of the molecule is COCCO[SiH2]CCCN. The Labute approximate surface area is 64.8 Å². The lowest BCUT2D eigenvalue weighted by Gasteiger charge is -2.00. The summed E-state index contributed by atoms with van der Waals surface area (Å²) in [5.74, 6) is 0. The fourth-order valence-corrected chi connectivity index (χ4v) is 1.61. The van der Waals surface area contributed by atoms with E-state index in [9.17, 15) is 0 Å². The first kappa shape index (κ1) is 10.1. The Morgan fingerprint density at radius 1 is 1.40 bits per heavy atom. The predicted octanol–water partition coefficient (Wildman–Crippen LogP) is -0.500. The normalized spacial score (nSPS) is 11.4. The number of ether oxygens (including phenoxy) is 1. The van der Waals surface area contributed by atoms with Crippen LogP contribution >= 0.6 is 0 Å². The van der Waals surface area contributed by atoms with Crippen molar-refractivity contribution in [3.05, 3.63) is 0 Å². The molecule has 3 nitrogen and oxygen atoms in total. The summed E-state index contributed by atoms with van der Waals surface area (Å²) in [6.07, 6.45) is 1.11. The number of hydrogen-bond acceptors (Lipinski definition) is 3. The van der Waals surface area contributed by atoms with Gasteiger partial charge in [0.05, 0.1) is 13.2 Å². The molecule has 0 atom stereocenters. The summed E-state index contributed by atoms with van der Waals surface area (Å²) in [6.45, 7) is 2.27. The van der Waals surface area contributed by atoms with Crippen molar-refractivity contribution in [2.24, 2.45) is 5.73 Å². The third-order valence-electron chi connectivity index (χ3n) is 1.17. The van der Waals surface area contributed by atoms with Gasteiger partial charge in [-0.15, -0.1) is 0 Å². The van der Waals surface area contributed by atoms with Gasteiger partial charge < -0.3 is 14.9 Å². The zero-order valence-corrected chi connectivity index (χ0v) is 8.05. The molecule has 0 aliphatic carbocycles. The second kappa shape index (κ2) is 9.10. The minimum absolute atomic E-state index is 0.280. The predicted molar refractivity (Wildman–Crippen MR) is 44.9 cm³/mol. The second-order valence-electron chi connectivity index (χ2n) is 2.10. The molecule has 62 valence electrons. The van der Waals surface area contributed by atoms with Crippen molar-refractivity contribution in [1.29, 1.82) is 0 Å². The van der Waals surface area contributed by atoms with Crippen molar-refractivity contribution in [1.82, 2.24) is 0 Å². The molecule has 0 aromatic heterocycles. The molecule has 0 heterocycles. The maximum Gasteiger partial charge on any atom is 0.161 e. The monoisotopic (exact) mass is 163 g/mol. The summed E-state index contributed by atoms with van der Waals surface area (Å²) >= 11 is 0. The molecule has 0 rings (SSSR count). The van der Waals surface area contributed by atoms with Gasteiger partial charge in [0.2, 0.25) is 0 Å². The van der Waals surface area contributed by atoms with E-state index in [1.165, 1.54) is 6.04 Å². The van der Waals surface area contributed by atoms with Crippen molar-refractivity contribution < 1.29 is 9.16 Å². The van der Waals surface area contributed by atoms with E-state index in [0.717, 1.165) is 26.2 Å².